The van der Waals surface area contributed by atoms with Crippen LogP contribution in [-0.2, 0) is 21.9 Å². The highest BCUT2D eigenvalue weighted by molar-refractivity contribution is 7.98. The molecule has 0 aliphatic heterocycles. The van der Waals surface area contributed by atoms with Gasteiger partial charge in [0.2, 0.25) is 5.91 Å². The molecule has 148 valence electrons. The summed E-state index contributed by atoms with van der Waals surface area (Å²) in [6.45, 7) is 1.92. The summed E-state index contributed by atoms with van der Waals surface area (Å²) in [5, 5.41) is 11.7. The lowest BCUT2D eigenvalue weighted by Crippen LogP contribution is -2.42. The average molecular weight is 402 g/mol. The van der Waals surface area contributed by atoms with Gasteiger partial charge >= 0.3 is 12.1 Å². The van der Waals surface area contributed by atoms with Crippen LogP contribution in [0.25, 0.3) is 0 Å². The van der Waals surface area contributed by atoms with E-state index in [1.807, 2.05) is 37.3 Å². The van der Waals surface area contributed by atoms with Gasteiger partial charge in [-0.05, 0) is 35.7 Å². The summed E-state index contributed by atoms with van der Waals surface area (Å²) in [5.74, 6) is -0.918. The number of carbonyl (C=O) groups is 3. The summed E-state index contributed by atoms with van der Waals surface area (Å²) in [7, 11) is 0. The molecule has 0 aliphatic carbocycles. The molecule has 0 bridgehead atoms. The smallest absolute Gasteiger partial charge is 0.408 e. The number of benzene rings is 2. The molecule has 2 aromatic carbocycles. The number of amides is 2. The molecule has 2 rings (SSSR count). The Kier molecular flexibility index (Phi) is 7.88. The van der Waals surface area contributed by atoms with Gasteiger partial charge in [-0.15, -0.1) is 0 Å². The summed E-state index contributed by atoms with van der Waals surface area (Å²) in [5.41, 5.74) is 8.35. The van der Waals surface area contributed by atoms with Crippen LogP contribution in [0, 0.1) is 6.92 Å². The van der Waals surface area contributed by atoms with Crippen LogP contribution in [0.4, 0.5) is 4.79 Å². The minimum Gasteiger partial charge on any atom is -0.480 e. The Morgan fingerprint density at radius 1 is 1.18 bits per heavy atom. The molecule has 8 heteroatoms. The van der Waals surface area contributed by atoms with Crippen molar-refractivity contribution in [1.29, 1.82) is 0 Å². The van der Waals surface area contributed by atoms with E-state index in [-0.39, 0.29) is 12.4 Å². The second kappa shape index (κ2) is 10.4. The number of carbonyl (C=O) groups excluding carboxylic acids is 2. The first-order chi connectivity index (χ1) is 13.4. The van der Waals surface area contributed by atoms with Gasteiger partial charge in [-0.2, -0.15) is 11.8 Å². The number of hydrogen-bond donors (Lipinski definition) is 3. The summed E-state index contributed by atoms with van der Waals surface area (Å²) in [6.07, 6.45) is -0.779. The maximum Gasteiger partial charge on any atom is 0.408 e. The molecule has 1 atom stereocenters. The van der Waals surface area contributed by atoms with E-state index in [0.717, 1.165) is 16.7 Å². The van der Waals surface area contributed by atoms with Gasteiger partial charge in [-0.3, -0.25) is 4.79 Å². The van der Waals surface area contributed by atoms with E-state index in [1.165, 1.54) is 11.8 Å². The van der Waals surface area contributed by atoms with Crippen LogP contribution in [0.1, 0.15) is 27.0 Å². The number of nitrogens with two attached hydrogens (primary N) is 1. The van der Waals surface area contributed by atoms with Gasteiger partial charge in [0.15, 0.2) is 0 Å². The van der Waals surface area contributed by atoms with Crippen molar-refractivity contribution >= 4 is 29.7 Å². The Labute approximate surface area is 167 Å². The summed E-state index contributed by atoms with van der Waals surface area (Å²) >= 11 is 1.36. The summed E-state index contributed by atoms with van der Waals surface area (Å²) < 4.78 is 5.06. The van der Waals surface area contributed by atoms with E-state index in [2.05, 4.69) is 5.32 Å². The number of rotatable bonds is 9. The topological polar surface area (TPSA) is 119 Å². The maximum absolute atomic E-state index is 11.9. The molecule has 0 spiro atoms. The molecular formula is C20H22N2O5S. The number of carboxylic acids is 1. The molecule has 28 heavy (non-hydrogen) atoms. The van der Waals surface area contributed by atoms with E-state index in [0.29, 0.717) is 11.3 Å². The maximum atomic E-state index is 11.9. The van der Waals surface area contributed by atoms with E-state index < -0.39 is 24.0 Å². The zero-order valence-corrected chi connectivity index (χ0v) is 16.2. The normalized spacial score (nSPS) is 11.5. The standard InChI is InChI=1S/C20H22N2O5S/c1-13-9-15(18(21)23)7-8-16(13)11-28-12-17(19(24)25)22-20(26)27-10-14-5-3-2-4-6-14/h2-9,17H,10-12H2,1H3,(H2,21,23)(H,22,26)(H,24,25). The Balaban J connectivity index is 1.83. The van der Waals surface area contributed by atoms with Crippen LogP contribution < -0.4 is 11.1 Å². The number of carboxylic acid groups (broad SMARTS) is 1. The molecule has 1 unspecified atom stereocenters. The Morgan fingerprint density at radius 2 is 1.89 bits per heavy atom. The first-order valence-corrected chi connectivity index (χ1v) is 9.69. The quantitative estimate of drug-likeness (QED) is 0.593. The molecule has 0 radical (unpaired) electrons. The third-order valence-corrected chi connectivity index (χ3v) is 5.06. The van der Waals surface area contributed by atoms with Gasteiger partial charge in [0, 0.05) is 17.1 Å². The molecule has 7 nitrogen and oxygen atoms in total. The lowest BCUT2D eigenvalue weighted by molar-refractivity contribution is -0.138. The number of thioether (sulfide) groups is 1. The lowest BCUT2D eigenvalue weighted by atomic mass is 10.1. The van der Waals surface area contributed by atoms with Crippen LogP contribution in [0.15, 0.2) is 48.5 Å². The van der Waals surface area contributed by atoms with E-state index in [1.54, 1.807) is 18.2 Å². The van der Waals surface area contributed by atoms with Crippen LogP contribution >= 0.6 is 11.8 Å². The molecule has 0 aliphatic rings. The molecule has 4 N–H and O–H groups in total. The molecule has 2 aromatic rings. The highest BCUT2D eigenvalue weighted by Gasteiger charge is 2.21. The van der Waals surface area contributed by atoms with Gasteiger partial charge in [-0.25, -0.2) is 9.59 Å². The van der Waals surface area contributed by atoms with Crippen molar-refractivity contribution in [2.45, 2.75) is 25.3 Å². The molecule has 2 amide bonds. The number of hydrogen-bond acceptors (Lipinski definition) is 5. The van der Waals surface area contributed by atoms with E-state index >= 15 is 0 Å². The minimum absolute atomic E-state index is 0.0670. The van der Waals surface area contributed by atoms with E-state index in [4.69, 9.17) is 10.5 Å². The van der Waals surface area contributed by atoms with Crippen molar-refractivity contribution in [2.75, 3.05) is 5.75 Å². The zero-order valence-electron chi connectivity index (χ0n) is 15.4. The first-order valence-electron chi connectivity index (χ1n) is 8.54. The molecule has 0 heterocycles. The minimum atomic E-state index is -1.13. The van der Waals surface area contributed by atoms with Crippen LogP contribution in [0.2, 0.25) is 0 Å². The number of nitrogens with one attached hydrogen (secondary N) is 1. The van der Waals surface area contributed by atoms with Crippen LogP contribution in [0.5, 0.6) is 0 Å². The van der Waals surface area contributed by atoms with Gasteiger partial charge in [0.25, 0.3) is 0 Å². The third kappa shape index (κ3) is 6.62. The molecule has 0 fully saturated rings. The number of aryl methyl sites for hydroxylation is 1. The van der Waals surface area contributed by atoms with Crippen LogP contribution in [-0.4, -0.2) is 34.9 Å². The monoisotopic (exact) mass is 402 g/mol. The fourth-order valence-electron chi connectivity index (χ4n) is 2.38. The second-order valence-corrected chi connectivity index (χ2v) is 7.15. The number of primary amides is 1. The summed E-state index contributed by atoms with van der Waals surface area (Å²) in [4.78, 5) is 34.5. The number of ether oxygens (including phenoxy) is 1. The Bertz CT molecular complexity index is 842. The molecule has 0 saturated carbocycles. The largest absolute Gasteiger partial charge is 0.480 e. The van der Waals surface area contributed by atoms with E-state index in [9.17, 15) is 19.5 Å². The Hall–Kier alpha value is -3.00. The van der Waals surface area contributed by atoms with Crippen molar-refractivity contribution < 1.29 is 24.2 Å². The predicted molar refractivity (Wildman–Crippen MR) is 107 cm³/mol. The Morgan fingerprint density at radius 3 is 2.50 bits per heavy atom. The van der Waals surface area contributed by atoms with Crippen molar-refractivity contribution in [1.82, 2.24) is 5.32 Å². The fourth-order valence-corrected chi connectivity index (χ4v) is 3.50. The highest BCUT2D eigenvalue weighted by Crippen LogP contribution is 2.18. The zero-order chi connectivity index (χ0) is 20.5. The van der Waals surface area contributed by atoms with Crippen molar-refractivity contribution in [3.8, 4) is 0 Å². The van der Waals surface area contributed by atoms with Crippen LogP contribution in [0.3, 0.4) is 0 Å². The SMILES string of the molecule is Cc1cc(C(N)=O)ccc1CSCC(NC(=O)OCc1ccccc1)C(=O)O. The highest BCUT2D eigenvalue weighted by atomic mass is 32.2. The summed E-state index contributed by atoms with van der Waals surface area (Å²) in [6, 6.07) is 13.2. The molecule has 0 saturated heterocycles. The number of aliphatic carboxylic acids is 1. The molecular weight excluding hydrogens is 380 g/mol. The van der Waals surface area contributed by atoms with Crippen molar-refractivity contribution in [2.24, 2.45) is 5.73 Å². The number of alkyl carbamates (subject to hydrolysis) is 1. The predicted octanol–water partition coefficient (Wildman–Crippen LogP) is 2.71. The average Bonchev–Trinajstić information content (AvgIpc) is 2.67. The second-order valence-electron chi connectivity index (χ2n) is 6.12. The van der Waals surface area contributed by atoms with Gasteiger partial charge < -0.3 is 20.9 Å². The molecule has 0 aromatic heterocycles. The first kappa shape index (κ1) is 21.3. The van der Waals surface area contributed by atoms with Crippen molar-refractivity contribution in [3.63, 3.8) is 0 Å². The lowest BCUT2D eigenvalue weighted by Gasteiger charge is -2.15. The fraction of sp³-hybridized carbons (Fsp3) is 0.250. The van der Waals surface area contributed by atoms with Gasteiger partial charge in [0.1, 0.15) is 12.6 Å². The van der Waals surface area contributed by atoms with Gasteiger partial charge in [0.05, 0.1) is 0 Å². The third-order valence-electron chi connectivity index (χ3n) is 3.97. The van der Waals surface area contributed by atoms with Crippen molar-refractivity contribution in [3.05, 3.63) is 70.8 Å². The van der Waals surface area contributed by atoms with Gasteiger partial charge in [-0.1, -0.05) is 36.4 Å².